The van der Waals surface area contributed by atoms with Crippen LogP contribution in [0.15, 0.2) is 6.07 Å². The Bertz CT molecular complexity index is 493. The van der Waals surface area contributed by atoms with Gasteiger partial charge >= 0.3 is 6.18 Å². The lowest BCUT2D eigenvalue weighted by Gasteiger charge is -2.35. The van der Waals surface area contributed by atoms with Crippen molar-refractivity contribution in [1.29, 1.82) is 0 Å². The number of hydrogen-bond acceptors (Lipinski definition) is 5. The minimum absolute atomic E-state index is 0.00255. The molecule has 21 heavy (non-hydrogen) atoms. The molecule has 0 N–H and O–H groups in total. The zero-order chi connectivity index (χ0) is 15.6. The molecule has 1 unspecified atom stereocenters. The van der Waals surface area contributed by atoms with Crippen molar-refractivity contribution in [2.45, 2.75) is 25.6 Å². The maximum atomic E-state index is 13.0. The van der Waals surface area contributed by atoms with Gasteiger partial charge in [-0.15, -0.1) is 0 Å². The molecule has 1 fully saturated rings. The number of hydrogen-bond donors (Lipinski definition) is 0. The second kappa shape index (κ2) is 6.05. The summed E-state index contributed by atoms with van der Waals surface area (Å²) in [6, 6.07) is 0.961. The van der Waals surface area contributed by atoms with Crippen LogP contribution in [0.5, 0.6) is 0 Å². The molecule has 1 aliphatic heterocycles. The third-order valence-corrected chi connectivity index (χ3v) is 3.41. The van der Waals surface area contributed by atoms with Gasteiger partial charge in [0.15, 0.2) is 5.69 Å². The Labute approximate surface area is 121 Å². The van der Waals surface area contributed by atoms with Gasteiger partial charge in [-0.1, -0.05) is 6.92 Å². The molecule has 0 aliphatic carbocycles. The number of alkyl halides is 3. The number of aromatic nitrogens is 2. The zero-order valence-corrected chi connectivity index (χ0v) is 12.3. The maximum absolute atomic E-state index is 13.0. The third-order valence-electron chi connectivity index (χ3n) is 3.41. The van der Waals surface area contributed by atoms with Crippen LogP contribution in [0.2, 0.25) is 0 Å². The van der Waals surface area contributed by atoms with Crippen LogP contribution in [0.3, 0.4) is 0 Å². The van der Waals surface area contributed by atoms with Gasteiger partial charge in [-0.05, 0) is 6.42 Å². The molecule has 0 saturated carbocycles. The zero-order valence-electron chi connectivity index (χ0n) is 12.3. The van der Waals surface area contributed by atoms with Crippen molar-refractivity contribution in [1.82, 2.24) is 9.97 Å². The van der Waals surface area contributed by atoms with Gasteiger partial charge in [-0.3, -0.25) is 0 Å². The molecule has 1 saturated heterocycles. The Morgan fingerprint density at radius 2 is 2.10 bits per heavy atom. The number of morpholine rings is 1. The fourth-order valence-electron chi connectivity index (χ4n) is 2.18. The van der Waals surface area contributed by atoms with Gasteiger partial charge in [0.05, 0.1) is 19.3 Å². The second-order valence-electron chi connectivity index (χ2n) is 5.13. The van der Waals surface area contributed by atoms with Crippen molar-refractivity contribution in [2.75, 3.05) is 43.7 Å². The van der Waals surface area contributed by atoms with E-state index in [0.717, 1.165) is 12.5 Å². The molecule has 2 rings (SSSR count). The van der Waals surface area contributed by atoms with Crippen molar-refractivity contribution in [3.8, 4) is 0 Å². The molecule has 0 radical (unpaired) electrons. The smallest absolute Gasteiger partial charge is 0.377 e. The predicted octanol–water partition coefficient (Wildman–Crippen LogP) is 2.18. The first-order valence-electron chi connectivity index (χ1n) is 6.81. The van der Waals surface area contributed by atoms with E-state index in [1.54, 1.807) is 23.9 Å². The summed E-state index contributed by atoms with van der Waals surface area (Å²) in [6.07, 6.45) is -3.73. The summed E-state index contributed by atoms with van der Waals surface area (Å²) in [7, 11) is 3.31. The SMILES string of the molecule is CCC1COCCN1c1nc(N(C)C)cc(C(F)(F)F)n1. The molecule has 1 aliphatic rings. The molecule has 5 nitrogen and oxygen atoms in total. The standard InChI is InChI=1S/C13H19F3N4O/c1-4-9-8-21-6-5-20(9)12-17-10(13(14,15)16)7-11(18-12)19(2)3/h7,9H,4-6,8H2,1-3H3. The van der Waals surface area contributed by atoms with E-state index in [1.807, 2.05) is 6.92 Å². The van der Waals surface area contributed by atoms with Crippen LogP contribution in [0, 0.1) is 0 Å². The van der Waals surface area contributed by atoms with E-state index in [9.17, 15) is 13.2 Å². The number of halogens is 3. The fraction of sp³-hybridized carbons (Fsp3) is 0.692. The summed E-state index contributed by atoms with van der Waals surface area (Å²) < 4.78 is 44.4. The predicted molar refractivity (Wildman–Crippen MR) is 73.6 cm³/mol. The van der Waals surface area contributed by atoms with Crippen LogP contribution in [0.25, 0.3) is 0 Å². The number of nitrogens with zero attached hydrogens (tertiary/aromatic N) is 4. The molecular formula is C13H19F3N4O. The Hall–Kier alpha value is -1.57. The topological polar surface area (TPSA) is 41.5 Å². The van der Waals surface area contributed by atoms with Crippen molar-refractivity contribution in [3.05, 3.63) is 11.8 Å². The molecule has 1 atom stereocenters. The van der Waals surface area contributed by atoms with Gasteiger partial charge in [0, 0.05) is 26.7 Å². The van der Waals surface area contributed by atoms with Gasteiger partial charge in [0.25, 0.3) is 0 Å². The molecule has 2 heterocycles. The molecule has 0 spiro atoms. The largest absolute Gasteiger partial charge is 0.433 e. The molecule has 1 aromatic rings. The van der Waals surface area contributed by atoms with E-state index >= 15 is 0 Å². The minimum Gasteiger partial charge on any atom is -0.377 e. The Balaban J connectivity index is 2.44. The van der Waals surface area contributed by atoms with E-state index in [4.69, 9.17) is 4.74 Å². The van der Waals surface area contributed by atoms with Crippen LogP contribution in [0.4, 0.5) is 24.9 Å². The van der Waals surface area contributed by atoms with Gasteiger partial charge in [-0.25, -0.2) is 4.98 Å². The van der Waals surface area contributed by atoms with Crippen molar-refractivity contribution in [2.24, 2.45) is 0 Å². The van der Waals surface area contributed by atoms with Crippen LogP contribution >= 0.6 is 0 Å². The molecule has 8 heteroatoms. The van der Waals surface area contributed by atoms with E-state index in [2.05, 4.69) is 9.97 Å². The summed E-state index contributed by atoms with van der Waals surface area (Å²) >= 11 is 0. The fourth-order valence-corrected chi connectivity index (χ4v) is 2.18. The normalized spacial score (nSPS) is 19.7. The van der Waals surface area contributed by atoms with Gasteiger partial charge < -0.3 is 14.5 Å². The van der Waals surface area contributed by atoms with Crippen molar-refractivity contribution in [3.63, 3.8) is 0 Å². The second-order valence-corrected chi connectivity index (χ2v) is 5.13. The van der Waals surface area contributed by atoms with E-state index in [1.165, 1.54) is 0 Å². The average Bonchev–Trinajstić information content (AvgIpc) is 2.45. The first-order chi connectivity index (χ1) is 9.82. The highest BCUT2D eigenvalue weighted by Gasteiger charge is 2.35. The average molecular weight is 304 g/mol. The summed E-state index contributed by atoms with van der Waals surface area (Å²) in [5.41, 5.74) is -0.919. The lowest BCUT2D eigenvalue weighted by molar-refractivity contribution is -0.141. The quantitative estimate of drug-likeness (QED) is 0.856. The Kier molecular flexibility index (Phi) is 4.55. The summed E-state index contributed by atoms with van der Waals surface area (Å²) in [4.78, 5) is 11.3. The van der Waals surface area contributed by atoms with Gasteiger partial charge in [-0.2, -0.15) is 18.2 Å². The lowest BCUT2D eigenvalue weighted by Crippen LogP contribution is -2.46. The molecular weight excluding hydrogens is 285 g/mol. The monoisotopic (exact) mass is 304 g/mol. The highest BCUT2D eigenvalue weighted by Crippen LogP contribution is 2.31. The molecule has 1 aromatic heterocycles. The summed E-state index contributed by atoms with van der Waals surface area (Å²) in [5.74, 6) is 0.359. The third kappa shape index (κ3) is 3.55. The van der Waals surface area contributed by atoms with Crippen LogP contribution in [0.1, 0.15) is 19.0 Å². The number of anilines is 2. The molecule has 0 amide bonds. The van der Waals surface area contributed by atoms with Gasteiger partial charge in [0.2, 0.25) is 5.95 Å². The van der Waals surface area contributed by atoms with Crippen molar-refractivity contribution >= 4 is 11.8 Å². The molecule has 0 bridgehead atoms. The van der Waals surface area contributed by atoms with Crippen LogP contribution in [-0.4, -0.2) is 49.9 Å². The molecule has 0 aromatic carbocycles. The van der Waals surface area contributed by atoms with E-state index < -0.39 is 11.9 Å². The number of ether oxygens (including phenoxy) is 1. The summed E-state index contributed by atoms with van der Waals surface area (Å²) in [6.45, 7) is 3.40. The maximum Gasteiger partial charge on any atom is 0.433 e. The lowest BCUT2D eigenvalue weighted by atomic mass is 10.2. The van der Waals surface area contributed by atoms with Gasteiger partial charge in [0.1, 0.15) is 5.82 Å². The highest BCUT2D eigenvalue weighted by molar-refractivity contribution is 5.46. The first-order valence-corrected chi connectivity index (χ1v) is 6.81. The molecule has 118 valence electrons. The Morgan fingerprint density at radius 1 is 1.38 bits per heavy atom. The van der Waals surface area contributed by atoms with Crippen molar-refractivity contribution < 1.29 is 17.9 Å². The highest BCUT2D eigenvalue weighted by atomic mass is 19.4. The van der Waals surface area contributed by atoms with E-state index in [-0.39, 0.29) is 17.8 Å². The number of rotatable bonds is 3. The Morgan fingerprint density at radius 3 is 2.67 bits per heavy atom. The minimum atomic E-state index is -4.49. The van der Waals surface area contributed by atoms with E-state index in [0.29, 0.717) is 19.8 Å². The van der Waals surface area contributed by atoms with Crippen LogP contribution < -0.4 is 9.80 Å². The first kappa shape index (κ1) is 15.8. The van der Waals surface area contributed by atoms with Crippen LogP contribution in [-0.2, 0) is 10.9 Å². The summed E-state index contributed by atoms with van der Waals surface area (Å²) in [5, 5.41) is 0.